The summed E-state index contributed by atoms with van der Waals surface area (Å²) < 4.78 is 5.60. The fourth-order valence-corrected chi connectivity index (χ4v) is 1.52. The van der Waals surface area contributed by atoms with Crippen LogP contribution in [0.2, 0.25) is 0 Å². The minimum Gasteiger partial charge on any atom is -0.492 e. The molecule has 1 amide bonds. The molecule has 0 saturated heterocycles. The molecule has 0 aliphatic carbocycles. The van der Waals surface area contributed by atoms with Crippen LogP contribution in [0, 0.1) is 0 Å². The Labute approximate surface area is 113 Å². The molecule has 1 aromatic rings. The fraction of sp³-hybridized carbons (Fsp3) is 0.462. The second-order valence-electron chi connectivity index (χ2n) is 4.25. The van der Waals surface area contributed by atoms with Crippen molar-refractivity contribution >= 4 is 5.91 Å². The van der Waals surface area contributed by atoms with Crippen LogP contribution in [0.4, 0.5) is 0 Å². The van der Waals surface area contributed by atoms with E-state index in [1.807, 2.05) is 7.05 Å². The van der Waals surface area contributed by atoms with Crippen LogP contribution in [0.15, 0.2) is 24.3 Å². The van der Waals surface area contributed by atoms with Gasteiger partial charge in [-0.15, -0.1) is 0 Å². The topological polar surface area (TPSA) is 79.6 Å². The molecule has 0 saturated carbocycles. The first-order valence-electron chi connectivity index (χ1n) is 6.24. The van der Waals surface area contributed by atoms with Crippen molar-refractivity contribution in [2.75, 3.05) is 40.3 Å². The zero-order chi connectivity index (χ0) is 14.1. The molecule has 0 radical (unpaired) electrons. The van der Waals surface area contributed by atoms with E-state index in [1.165, 1.54) is 0 Å². The van der Waals surface area contributed by atoms with Gasteiger partial charge in [-0.2, -0.15) is 0 Å². The zero-order valence-corrected chi connectivity index (χ0v) is 11.5. The molecule has 4 N–H and O–H groups in total. The molecule has 0 heterocycles. The first-order valence-corrected chi connectivity index (χ1v) is 6.24. The molecule has 0 aliphatic heterocycles. The van der Waals surface area contributed by atoms with Crippen molar-refractivity contribution in [3.05, 3.63) is 29.8 Å². The highest BCUT2D eigenvalue weighted by atomic mass is 16.5. The third-order valence-corrected chi connectivity index (χ3v) is 2.73. The van der Waals surface area contributed by atoms with Gasteiger partial charge in [-0.05, 0) is 38.4 Å². The smallest absolute Gasteiger partial charge is 0.265 e. The maximum Gasteiger partial charge on any atom is 0.265 e. The fourth-order valence-electron chi connectivity index (χ4n) is 1.52. The Morgan fingerprint density at radius 1 is 1.32 bits per heavy atom. The van der Waals surface area contributed by atoms with Crippen LogP contribution in [0.25, 0.3) is 0 Å². The molecule has 19 heavy (non-hydrogen) atoms. The highest BCUT2D eigenvalue weighted by molar-refractivity contribution is 5.93. The van der Waals surface area contributed by atoms with Gasteiger partial charge in [0.1, 0.15) is 12.4 Å². The van der Waals surface area contributed by atoms with Gasteiger partial charge in [-0.1, -0.05) is 0 Å². The highest BCUT2D eigenvalue weighted by Gasteiger charge is 2.03. The molecule has 0 bridgehead atoms. The Balaban J connectivity index is 2.32. The van der Waals surface area contributed by atoms with Crippen molar-refractivity contribution in [1.82, 2.24) is 15.6 Å². The highest BCUT2D eigenvalue weighted by Crippen LogP contribution is 2.11. The monoisotopic (exact) mass is 266 g/mol. The van der Waals surface area contributed by atoms with Crippen molar-refractivity contribution in [3.8, 4) is 5.75 Å². The summed E-state index contributed by atoms with van der Waals surface area (Å²) in [5.41, 5.74) is 2.60. The largest absolute Gasteiger partial charge is 0.492 e. The van der Waals surface area contributed by atoms with E-state index < -0.39 is 0 Å². The quantitative estimate of drug-likeness (QED) is 0.345. The van der Waals surface area contributed by atoms with Gasteiger partial charge in [0.05, 0.1) is 0 Å². The van der Waals surface area contributed by atoms with Crippen molar-refractivity contribution in [1.29, 1.82) is 0 Å². The molecule has 0 atom stereocenters. The average molecular weight is 266 g/mol. The first kappa shape index (κ1) is 15.4. The van der Waals surface area contributed by atoms with Crippen LogP contribution in [0.5, 0.6) is 5.75 Å². The van der Waals surface area contributed by atoms with E-state index in [-0.39, 0.29) is 5.91 Å². The number of carbonyl (C=O) groups excluding carboxylic acids is 1. The summed E-state index contributed by atoms with van der Waals surface area (Å²) in [5, 5.41) is 3.10. The van der Waals surface area contributed by atoms with Gasteiger partial charge in [0, 0.05) is 25.2 Å². The number of amides is 1. The molecule has 0 unspecified atom stereocenters. The van der Waals surface area contributed by atoms with Crippen LogP contribution in [-0.2, 0) is 0 Å². The lowest BCUT2D eigenvalue weighted by Crippen LogP contribution is -2.30. The van der Waals surface area contributed by atoms with E-state index in [2.05, 4.69) is 22.7 Å². The third-order valence-electron chi connectivity index (χ3n) is 2.73. The molecular weight excluding hydrogens is 244 g/mol. The van der Waals surface area contributed by atoms with E-state index in [1.54, 1.807) is 24.3 Å². The van der Waals surface area contributed by atoms with Gasteiger partial charge in [-0.3, -0.25) is 10.2 Å². The van der Waals surface area contributed by atoms with Crippen LogP contribution in [0.3, 0.4) is 0 Å². The summed E-state index contributed by atoms with van der Waals surface area (Å²) in [4.78, 5) is 13.4. The Hall–Kier alpha value is -1.63. The van der Waals surface area contributed by atoms with E-state index in [4.69, 9.17) is 10.6 Å². The van der Waals surface area contributed by atoms with Crippen molar-refractivity contribution in [2.45, 2.75) is 0 Å². The Kier molecular flexibility index (Phi) is 6.88. The number of likely N-dealkylation sites (N-methyl/N-ethyl adjacent to an activating group) is 2. The van der Waals surface area contributed by atoms with Gasteiger partial charge in [0.15, 0.2) is 0 Å². The number of hydrogen-bond donors (Lipinski definition) is 3. The summed E-state index contributed by atoms with van der Waals surface area (Å²) in [6.45, 7) is 3.41. The van der Waals surface area contributed by atoms with E-state index in [9.17, 15) is 4.79 Å². The number of nitrogen functional groups attached to an aromatic ring is 1. The molecule has 6 nitrogen and oxygen atoms in total. The van der Waals surface area contributed by atoms with E-state index >= 15 is 0 Å². The Morgan fingerprint density at radius 3 is 2.58 bits per heavy atom. The lowest BCUT2D eigenvalue weighted by molar-refractivity contribution is 0.0953. The van der Waals surface area contributed by atoms with Crippen molar-refractivity contribution in [3.63, 3.8) is 0 Å². The van der Waals surface area contributed by atoms with Crippen LogP contribution in [-0.4, -0.2) is 51.1 Å². The number of hydrogen-bond acceptors (Lipinski definition) is 5. The number of nitrogens with zero attached hydrogens (tertiary/aromatic N) is 1. The standard InChI is InChI=1S/C13H22N4O2/c1-15-7-8-17(2)9-10-19-12-5-3-11(4-6-12)13(18)16-14/h3-6,15H,7-10,14H2,1-2H3,(H,16,18). The summed E-state index contributed by atoms with van der Waals surface area (Å²) in [7, 11) is 3.98. The lowest BCUT2D eigenvalue weighted by atomic mass is 10.2. The molecule has 0 spiro atoms. The van der Waals surface area contributed by atoms with Gasteiger partial charge in [0.2, 0.25) is 0 Å². The number of nitrogens with two attached hydrogens (primary N) is 1. The summed E-state index contributed by atoms with van der Waals surface area (Å²) in [5.74, 6) is 5.49. The van der Waals surface area contributed by atoms with Gasteiger partial charge in [-0.25, -0.2) is 5.84 Å². The molecule has 0 fully saturated rings. The van der Waals surface area contributed by atoms with E-state index in [0.717, 1.165) is 25.4 Å². The molecule has 0 aromatic heterocycles. The lowest BCUT2D eigenvalue weighted by Gasteiger charge is -2.16. The number of benzene rings is 1. The zero-order valence-electron chi connectivity index (χ0n) is 11.5. The molecular formula is C13H22N4O2. The molecule has 0 aliphatic rings. The number of nitrogens with one attached hydrogen (secondary N) is 2. The molecule has 1 rings (SSSR count). The van der Waals surface area contributed by atoms with Gasteiger partial charge in [0.25, 0.3) is 5.91 Å². The summed E-state index contributed by atoms with van der Waals surface area (Å²) >= 11 is 0. The summed E-state index contributed by atoms with van der Waals surface area (Å²) in [6, 6.07) is 6.89. The number of carbonyl (C=O) groups is 1. The SMILES string of the molecule is CNCCN(C)CCOc1ccc(C(=O)NN)cc1. The van der Waals surface area contributed by atoms with E-state index in [0.29, 0.717) is 12.2 Å². The predicted octanol–water partition coefficient (Wildman–Crippen LogP) is -0.180. The maximum absolute atomic E-state index is 11.2. The second-order valence-corrected chi connectivity index (χ2v) is 4.25. The number of rotatable bonds is 8. The second kappa shape index (κ2) is 8.47. The van der Waals surface area contributed by atoms with Crippen LogP contribution < -0.4 is 21.3 Å². The predicted molar refractivity (Wildman–Crippen MR) is 75.0 cm³/mol. The minimum atomic E-state index is -0.307. The van der Waals surface area contributed by atoms with Crippen LogP contribution in [0.1, 0.15) is 10.4 Å². The van der Waals surface area contributed by atoms with Crippen molar-refractivity contribution < 1.29 is 9.53 Å². The summed E-state index contributed by atoms with van der Waals surface area (Å²) in [6.07, 6.45) is 0. The Bertz CT molecular complexity index is 381. The third kappa shape index (κ3) is 5.69. The molecule has 106 valence electrons. The van der Waals surface area contributed by atoms with Gasteiger partial charge >= 0.3 is 0 Å². The molecule has 6 heteroatoms. The molecule has 1 aromatic carbocycles. The van der Waals surface area contributed by atoms with Crippen LogP contribution >= 0.6 is 0 Å². The Morgan fingerprint density at radius 2 is 2.00 bits per heavy atom. The van der Waals surface area contributed by atoms with Gasteiger partial charge < -0.3 is 15.0 Å². The number of ether oxygens (including phenoxy) is 1. The normalized spacial score (nSPS) is 10.5. The maximum atomic E-state index is 11.2. The minimum absolute atomic E-state index is 0.307. The van der Waals surface area contributed by atoms with Crippen molar-refractivity contribution in [2.24, 2.45) is 5.84 Å². The first-order chi connectivity index (χ1) is 9.17. The number of hydrazine groups is 1. The average Bonchev–Trinajstić information content (AvgIpc) is 2.45.